The van der Waals surface area contributed by atoms with Gasteiger partial charge in [0, 0.05) is 11.6 Å². The number of anilines is 1. The largest absolute Gasteiger partial charge is 0.354 e. The minimum absolute atomic E-state index is 0.304. The monoisotopic (exact) mass is 412 g/mol. The topological polar surface area (TPSA) is 66.5 Å². The second-order valence-electron chi connectivity index (χ2n) is 6.13. The smallest absolute Gasteiger partial charge is 0.243 e. The highest BCUT2D eigenvalue weighted by atomic mass is 35.5. The van der Waals surface area contributed by atoms with Gasteiger partial charge in [-0.05, 0) is 54.8 Å². The maximum Gasteiger partial charge on any atom is 0.243 e. The van der Waals surface area contributed by atoms with E-state index in [-0.39, 0.29) is 11.7 Å². The molecule has 0 aliphatic carbocycles. The van der Waals surface area contributed by atoms with Crippen molar-refractivity contribution in [1.29, 1.82) is 0 Å². The summed E-state index contributed by atoms with van der Waals surface area (Å²) in [5, 5.41) is 3.24. The van der Waals surface area contributed by atoms with Gasteiger partial charge < -0.3 is 5.32 Å². The number of hydrogen-bond donors (Lipinski definition) is 1. The van der Waals surface area contributed by atoms with Gasteiger partial charge in [-0.3, -0.25) is 9.10 Å². The van der Waals surface area contributed by atoms with Crippen molar-refractivity contribution in [3.63, 3.8) is 0 Å². The Morgan fingerprint density at radius 2 is 1.74 bits per heavy atom. The van der Waals surface area contributed by atoms with Crippen LogP contribution in [0.1, 0.15) is 18.9 Å². The van der Waals surface area contributed by atoms with E-state index in [0.717, 1.165) is 16.1 Å². The third-order valence-electron chi connectivity index (χ3n) is 4.04. The highest BCUT2D eigenvalue weighted by Gasteiger charge is 2.31. The van der Waals surface area contributed by atoms with Crippen molar-refractivity contribution < 1.29 is 17.6 Å². The zero-order chi connectivity index (χ0) is 20.0. The number of carbonyl (C=O) groups is 1. The summed E-state index contributed by atoms with van der Waals surface area (Å²) < 4.78 is 38.7. The SMILES string of the molecule is CC[C@@H](C(=O)NCCc1ccc(F)cc1)N(c1ccc(Cl)cc1)S(C)(=O)=O. The quantitative estimate of drug-likeness (QED) is 0.722. The summed E-state index contributed by atoms with van der Waals surface area (Å²) in [5.41, 5.74) is 1.25. The lowest BCUT2D eigenvalue weighted by atomic mass is 10.1. The van der Waals surface area contributed by atoms with Crippen molar-refractivity contribution in [2.24, 2.45) is 0 Å². The van der Waals surface area contributed by atoms with Gasteiger partial charge in [0.1, 0.15) is 11.9 Å². The molecule has 1 atom stereocenters. The van der Waals surface area contributed by atoms with Crippen molar-refractivity contribution in [3.05, 3.63) is 64.9 Å². The highest BCUT2D eigenvalue weighted by Crippen LogP contribution is 2.24. The summed E-state index contributed by atoms with van der Waals surface area (Å²) in [6.45, 7) is 2.07. The molecule has 0 aliphatic rings. The summed E-state index contributed by atoms with van der Waals surface area (Å²) in [6, 6.07) is 11.4. The first kappa shape index (κ1) is 21.2. The van der Waals surface area contributed by atoms with Crippen molar-refractivity contribution in [2.75, 3.05) is 17.1 Å². The molecule has 0 spiro atoms. The Morgan fingerprint density at radius 3 is 2.26 bits per heavy atom. The minimum Gasteiger partial charge on any atom is -0.354 e. The third kappa shape index (κ3) is 5.94. The molecule has 1 N–H and O–H groups in total. The van der Waals surface area contributed by atoms with Crippen LogP contribution in [0.15, 0.2) is 48.5 Å². The van der Waals surface area contributed by atoms with E-state index in [1.165, 1.54) is 12.1 Å². The number of nitrogens with zero attached hydrogens (tertiary/aromatic N) is 1. The van der Waals surface area contributed by atoms with Crippen LogP contribution in [-0.2, 0) is 21.2 Å². The van der Waals surface area contributed by atoms with Gasteiger partial charge in [0.25, 0.3) is 0 Å². The standard InChI is InChI=1S/C19H22ClFN2O3S/c1-3-18(19(24)22-13-12-14-4-8-16(21)9-5-14)23(27(2,25)26)17-10-6-15(20)7-11-17/h4-11,18H,3,12-13H2,1-2H3,(H,22,24)/t18-/m0/s1. The number of sulfonamides is 1. The predicted molar refractivity (Wildman–Crippen MR) is 106 cm³/mol. The van der Waals surface area contributed by atoms with Crippen LogP contribution in [0, 0.1) is 5.82 Å². The molecule has 0 radical (unpaired) electrons. The van der Waals surface area contributed by atoms with Crippen LogP contribution in [0.4, 0.5) is 10.1 Å². The first-order valence-electron chi connectivity index (χ1n) is 8.49. The molecule has 2 aromatic rings. The molecule has 0 aromatic heterocycles. The zero-order valence-corrected chi connectivity index (χ0v) is 16.7. The lowest BCUT2D eigenvalue weighted by Gasteiger charge is -2.30. The molecule has 5 nitrogen and oxygen atoms in total. The number of carbonyl (C=O) groups excluding carboxylic acids is 1. The normalized spacial score (nSPS) is 12.4. The Morgan fingerprint density at radius 1 is 1.15 bits per heavy atom. The lowest BCUT2D eigenvalue weighted by Crippen LogP contribution is -2.49. The number of amides is 1. The molecule has 8 heteroatoms. The number of rotatable bonds is 8. The van der Waals surface area contributed by atoms with E-state index in [2.05, 4.69) is 5.32 Å². The molecular formula is C19H22ClFN2O3S. The van der Waals surface area contributed by atoms with Crippen LogP contribution in [0.5, 0.6) is 0 Å². The molecule has 27 heavy (non-hydrogen) atoms. The van der Waals surface area contributed by atoms with Gasteiger partial charge in [0.05, 0.1) is 11.9 Å². The van der Waals surface area contributed by atoms with E-state index in [1.54, 1.807) is 43.3 Å². The fourth-order valence-corrected chi connectivity index (χ4v) is 4.08. The first-order valence-corrected chi connectivity index (χ1v) is 10.7. The van der Waals surface area contributed by atoms with Crippen LogP contribution in [-0.4, -0.2) is 33.2 Å². The Hall–Kier alpha value is -2.12. The van der Waals surface area contributed by atoms with E-state index in [0.29, 0.717) is 30.1 Å². The number of hydrogen-bond acceptors (Lipinski definition) is 3. The predicted octanol–water partition coefficient (Wildman–Crippen LogP) is 3.38. The molecule has 0 fully saturated rings. The summed E-state index contributed by atoms with van der Waals surface area (Å²) >= 11 is 5.87. The second-order valence-corrected chi connectivity index (χ2v) is 8.42. The van der Waals surface area contributed by atoms with E-state index in [1.807, 2.05) is 0 Å². The molecular weight excluding hydrogens is 391 g/mol. The maximum atomic E-state index is 12.9. The maximum absolute atomic E-state index is 12.9. The molecule has 0 heterocycles. The van der Waals surface area contributed by atoms with Gasteiger partial charge in [0.15, 0.2) is 0 Å². The lowest BCUT2D eigenvalue weighted by molar-refractivity contribution is -0.122. The van der Waals surface area contributed by atoms with E-state index in [4.69, 9.17) is 11.6 Å². The van der Waals surface area contributed by atoms with Gasteiger partial charge in [-0.2, -0.15) is 0 Å². The van der Waals surface area contributed by atoms with Crippen molar-refractivity contribution in [2.45, 2.75) is 25.8 Å². The average molecular weight is 413 g/mol. The van der Waals surface area contributed by atoms with Gasteiger partial charge in [0.2, 0.25) is 15.9 Å². The van der Waals surface area contributed by atoms with Gasteiger partial charge in [-0.25, -0.2) is 12.8 Å². The van der Waals surface area contributed by atoms with Crippen molar-refractivity contribution >= 4 is 33.2 Å². The average Bonchev–Trinajstić information content (AvgIpc) is 2.61. The number of benzene rings is 2. The Labute approximate surface area is 164 Å². The van der Waals surface area contributed by atoms with Crippen molar-refractivity contribution in [3.8, 4) is 0 Å². The number of nitrogens with one attached hydrogen (secondary N) is 1. The summed E-state index contributed by atoms with van der Waals surface area (Å²) in [6.07, 6.45) is 1.89. The van der Waals surface area contributed by atoms with E-state index >= 15 is 0 Å². The summed E-state index contributed by atoms with van der Waals surface area (Å²) in [5.74, 6) is -0.708. The molecule has 0 saturated carbocycles. The highest BCUT2D eigenvalue weighted by molar-refractivity contribution is 7.92. The Bertz CT molecular complexity index is 871. The van der Waals surface area contributed by atoms with Crippen LogP contribution in [0.25, 0.3) is 0 Å². The van der Waals surface area contributed by atoms with Crippen LogP contribution < -0.4 is 9.62 Å². The Kier molecular flexibility index (Phi) is 7.21. The minimum atomic E-state index is -3.68. The second kappa shape index (κ2) is 9.19. The van der Waals surface area contributed by atoms with Gasteiger partial charge in [-0.15, -0.1) is 0 Å². The molecule has 0 saturated heterocycles. The van der Waals surface area contributed by atoms with Crippen LogP contribution in [0.3, 0.4) is 0 Å². The van der Waals surface area contributed by atoms with Crippen LogP contribution >= 0.6 is 11.6 Å². The Balaban J connectivity index is 2.11. The molecule has 2 aromatic carbocycles. The summed E-state index contributed by atoms with van der Waals surface area (Å²) in [4.78, 5) is 12.6. The fraction of sp³-hybridized carbons (Fsp3) is 0.316. The number of halogens is 2. The molecule has 1 amide bonds. The molecule has 2 rings (SSSR count). The van der Waals surface area contributed by atoms with Gasteiger partial charge >= 0.3 is 0 Å². The fourth-order valence-electron chi connectivity index (χ4n) is 2.75. The van der Waals surface area contributed by atoms with Crippen LogP contribution in [0.2, 0.25) is 5.02 Å². The molecule has 0 aliphatic heterocycles. The molecule has 0 unspecified atom stereocenters. The molecule has 0 bridgehead atoms. The van der Waals surface area contributed by atoms with Crippen molar-refractivity contribution in [1.82, 2.24) is 5.32 Å². The zero-order valence-electron chi connectivity index (χ0n) is 15.2. The first-order chi connectivity index (χ1) is 12.7. The van der Waals surface area contributed by atoms with Gasteiger partial charge in [-0.1, -0.05) is 30.7 Å². The van der Waals surface area contributed by atoms with E-state index < -0.39 is 16.1 Å². The molecule has 146 valence electrons. The van der Waals surface area contributed by atoms with E-state index in [9.17, 15) is 17.6 Å². The third-order valence-corrected chi connectivity index (χ3v) is 5.47. The summed E-state index contributed by atoms with van der Waals surface area (Å²) in [7, 11) is -3.68.